The molecule has 1 unspecified atom stereocenters. The van der Waals surface area contributed by atoms with Crippen molar-refractivity contribution in [3.05, 3.63) is 11.6 Å². The SMILES string of the molecule is O=C(O)C1=CC(C(=O)O)NC1. The molecule has 11 heavy (non-hydrogen) atoms. The largest absolute Gasteiger partial charge is 0.480 e. The topological polar surface area (TPSA) is 86.6 Å². The van der Waals surface area contributed by atoms with Crippen LogP contribution < -0.4 is 5.32 Å². The fourth-order valence-corrected chi connectivity index (χ4v) is 0.844. The molecule has 0 saturated carbocycles. The highest BCUT2D eigenvalue weighted by atomic mass is 16.4. The molecule has 0 aliphatic carbocycles. The van der Waals surface area contributed by atoms with Crippen LogP contribution in [0.15, 0.2) is 11.6 Å². The number of hydrogen-bond acceptors (Lipinski definition) is 3. The van der Waals surface area contributed by atoms with Crippen molar-refractivity contribution in [2.24, 2.45) is 0 Å². The quantitative estimate of drug-likeness (QED) is 0.481. The minimum absolute atomic E-state index is 0.109. The molecule has 1 aliphatic rings. The van der Waals surface area contributed by atoms with Gasteiger partial charge in [-0.15, -0.1) is 0 Å². The van der Waals surface area contributed by atoms with Crippen molar-refractivity contribution in [3.8, 4) is 0 Å². The van der Waals surface area contributed by atoms with Gasteiger partial charge in [0.25, 0.3) is 0 Å². The number of carboxylic acid groups (broad SMARTS) is 2. The zero-order valence-electron chi connectivity index (χ0n) is 5.57. The van der Waals surface area contributed by atoms with Crippen LogP contribution in [-0.2, 0) is 9.59 Å². The van der Waals surface area contributed by atoms with Crippen LogP contribution in [0, 0.1) is 0 Å². The summed E-state index contributed by atoms with van der Waals surface area (Å²) in [5, 5.41) is 19.3. The van der Waals surface area contributed by atoms with Crippen molar-refractivity contribution in [1.29, 1.82) is 0 Å². The second-order valence-corrected chi connectivity index (χ2v) is 2.19. The smallest absolute Gasteiger partial charge is 0.332 e. The Labute approximate surface area is 62.3 Å². The molecule has 0 aromatic heterocycles. The lowest BCUT2D eigenvalue weighted by Gasteiger charge is -1.98. The molecule has 1 atom stereocenters. The minimum atomic E-state index is -1.07. The molecule has 1 aliphatic heterocycles. The maximum atomic E-state index is 10.3. The third-order valence-corrected chi connectivity index (χ3v) is 1.42. The van der Waals surface area contributed by atoms with E-state index < -0.39 is 18.0 Å². The highest BCUT2D eigenvalue weighted by molar-refractivity contribution is 5.90. The van der Waals surface area contributed by atoms with Crippen molar-refractivity contribution in [2.75, 3.05) is 6.54 Å². The third-order valence-electron chi connectivity index (χ3n) is 1.42. The second kappa shape index (κ2) is 2.71. The van der Waals surface area contributed by atoms with Gasteiger partial charge in [-0.2, -0.15) is 0 Å². The number of carbonyl (C=O) groups is 2. The molecule has 0 bridgehead atoms. The first-order chi connectivity index (χ1) is 5.11. The first-order valence-electron chi connectivity index (χ1n) is 3.01. The summed E-state index contributed by atoms with van der Waals surface area (Å²) >= 11 is 0. The summed E-state index contributed by atoms with van der Waals surface area (Å²) in [6.07, 6.45) is 1.20. The van der Waals surface area contributed by atoms with Crippen LogP contribution in [0.5, 0.6) is 0 Å². The van der Waals surface area contributed by atoms with Crippen LogP contribution >= 0.6 is 0 Å². The highest BCUT2D eigenvalue weighted by Gasteiger charge is 2.23. The molecule has 0 fully saturated rings. The number of hydrogen-bond donors (Lipinski definition) is 3. The fraction of sp³-hybridized carbons (Fsp3) is 0.333. The molecule has 1 rings (SSSR count). The summed E-state index contributed by atoms with van der Waals surface area (Å²) in [5.74, 6) is -2.12. The van der Waals surface area contributed by atoms with Gasteiger partial charge in [0.05, 0.1) is 0 Å². The lowest BCUT2D eigenvalue weighted by atomic mass is 10.2. The van der Waals surface area contributed by atoms with E-state index in [0.717, 1.165) is 0 Å². The van der Waals surface area contributed by atoms with Gasteiger partial charge >= 0.3 is 11.9 Å². The summed E-state index contributed by atoms with van der Waals surface area (Å²) in [6.45, 7) is 0.117. The molecule has 60 valence electrons. The minimum Gasteiger partial charge on any atom is -0.480 e. The van der Waals surface area contributed by atoms with Crippen molar-refractivity contribution in [1.82, 2.24) is 5.32 Å². The van der Waals surface area contributed by atoms with Crippen LogP contribution in [-0.4, -0.2) is 34.7 Å². The molecule has 1 heterocycles. The van der Waals surface area contributed by atoms with Gasteiger partial charge in [-0.05, 0) is 6.08 Å². The third kappa shape index (κ3) is 1.56. The normalized spacial score (nSPS) is 22.9. The van der Waals surface area contributed by atoms with E-state index in [1.807, 2.05) is 0 Å². The lowest BCUT2D eigenvalue weighted by molar-refractivity contribution is -0.138. The Morgan fingerprint density at radius 2 is 2.18 bits per heavy atom. The van der Waals surface area contributed by atoms with E-state index >= 15 is 0 Å². The number of nitrogens with one attached hydrogen (secondary N) is 1. The Kier molecular flexibility index (Phi) is 1.91. The molecule has 0 aromatic carbocycles. The maximum Gasteiger partial charge on any atom is 0.332 e. The van der Waals surface area contributed by atoms with Crippen LogP contribution in [0.2, 0.25) is 0 Å². The van der Waals surface area contributed by atoms with Crippen LogP contribution in [0.1, 0.15) is 0 Å². The summed E-state index contributed by atoms with van der Waals surface area (Å²) < 4.78 is 0. The average Bonchev–Trinajstić information content (AvgIpc) is 2.33. The molecular formula is C6H7NO4. The van der Waals surface area contributed by atoms with E-state index in [2.05, 4.69) is 5.32 Å². The first kappa shape index (κ1) is 7.74. The molecule has 0 aromatic rings. The van der Waals surface area contributed by atoms with Gasteiger partial charge in [0, 0.05) is 12.1 Å². The van der Waals surface area contributed by atoms with Crippen molar-refractivity contribution < 1.29 is 19.8 Å². The Morgan fingerprint density at radius 1 is 1.55 bits per heavy atom. The average molecular weight is 157 g/mol. The molecular weight excluding hydrogens is 150 g/mol. The summed E-state index contributed by atoms with van der Waals surface area (Å²) in [5.41, 5.74) is 0.109. The highest BCUT2D eigenvalue weighted by Crippen LogP contribution is 2.04. The van der Waals surface area contributed by atoms with E-state index in [1.165, 1.54) is 6.08 Å². The molecule has 0 saturated heterocycles. The van der Waals surface area contributed by atoms with E-state index in [1.54, 1.807) is 0 Å². The Hall–Kier alpha value is -1.36. The fourth-order valence-electron chi connectivity index (χ4n) is 0.844. The van der Waals surface area contributed by atoms with Crippen LogP contribution in [0.4, 0.5) is 0 Å². The molecule has 0 amide bonds. The lowest BCUT2D eigenvalue weighted by Crippen LogP contribution is -2.30. The molecule has 0 radical (unpaired) electrons. The van der Waals surface area contributed by atoms with Gasteiger partial charge < -0.3 is 10.2 Å². The van der Waals surface area contributed by atoms with E-state index in [0.29, 0.717) is 0 Å². The number of aliphatic carboxylic acids is 2. The number of rotatable bonds is 2. The van der Waals surface area contributed by atoms with Crippen LogP contribution in [0.3, 0.4) is 0 Å². The number of carboxylic acids is 2. The van der Waals surface area contributed by atoms with Gasteiger partial charge in [0.2, 0.25) is 0 Å². The zero-order valence-corrected chi connectivity index (χ0v) is 5.57. The van der Waals surface area contributed by atoms with Crippen LogP contribution in [0.25, 0.3) is 0 Å². The van der Waals surface area contributed by atoms with E-state index in [-0.39, 0.29) is 12.1 Å². The predicted octanol–water partition coefficient (Wildman–Crippen LogP) is -0.946. The summed E-state index contributed by atoms with van der Waals surface area (Å²) in [6, 6.07) is -0.846. The zero-order chi connectivity index (χ0) is 8.43. The van der Waals surface area contributed by atoms with Crippen molar-refractivity contribution in [3.63, 3.8) is 0 Å². The molecule has 5 heteroatoms. The standard InChI is InChI=1S/C6H7NO4/c8-5(9)3-1-4(6(10)11)7-2-3/h1,4,7H,2H2,(H,8,9)(H,10,11). The summed E-state index contributed by atoms with van der Waals surface area (Å²) in [7, 11) is 0. The van der Waals surface area contributed by atoms with E-state index in [4.69, 9.17) is 10.2 Å². The van der Waals surface area contributed by atoms with Gasteiger partial charge in [0.1, 0.15) is 6.04 Å². The van der Waals surface area contributed by atoms with Crippen molar-refractivity contribution >= 4 is 11.9 Å². The Bertz CT molecular complexity index is 233. The summed E-state index contributed by atoms with van der Waals surface area (Å²) in [4.78, 5) is 20.5. The second-order valence-electron chi connectivity index (χ2n) is 2.19. The van der Waals surface area contributed by atoms with E-state index in [9.17, 15) is 9.59 Å². The van der Waals surface area contributed by atoms with Gasteiger partial charge in [0.15, 0.2) is 0 Å². The molecule has 0 spiro atoms. The Balaban J connectivity index is 2.68. The predicted molar refractivity (Wildman–Crippen MR) is 35.1 cm³/mol. The van der Waals surface area contributed by atoms with Gasteiger partial charge in [-0.1, -0.05) is 0 Å². The molecule has 5 nitrogen and oxygen atoms in total. The monoisotopic (exact) mass is 157 g/mol. The first-order valence-corrected chi connectivity index (χ1v) is 3.01. The van der Waals surface area contributed by atoms with Crippen molar-refractivity contribution in [2.45, 2.75) is 6.04 Å². The maximum absolute atomic E-state index is 10.3. The van der Waals surface area contributed by atoms with Gasteiger partial charge in [-0.25, -0.2) is 4.79 Å². The molecule has 3 N–H and O–H groups in total. The van der Waals surface area contributed by atoms with Gasteiger partial charge in [-0.3, -0.25) is 10.1 Å². The Morgan fingerprint density at radius 3 is 2.45 bits per heavy atom.